The number of carbonyl (C=O) groups is 1. The Kier molecular flexibility index (Phi) is 5.35. The van der Waals surface area contributed by atoms with Crippen molar-refractivity contribution >= 4 is 34.1 Å². The van der Waals surface area contributed by atoms with Gasteiger partial charge in [-0.3, -0.25) is 9.78 Å². The van der Waals surface area contributed by atoms with Gasteiger partial charge in [0.1, 0.15) is 5.75 Å². The molecule has 0 saturated carbocycles. The fourth-order valence-corrected chi connectivity index (χ4v) is 3.85. The van der Waals surface area contributed by atoms with E-state index in [0.29, 0.717) is 11.4 Å². The number of halogens is 1. The number of aromatic nitrogens is 1. The molecule has 1 aromatic heterocycles. The number of ether oxygens (including phenoxy) is 1. The molecular weight excluding hydrogens is 374 g/mol. The minimum atomic E-state index is 0.0448. The van der Waals surface area contributed by atoms with Gasteiger partial charge < -0.3 is 15.0 Å². The van der Waals surface area contributed by atoms with Crippen molar-refractivity contribution in [1.29, 1.82) is 0 Å². The zero-order chi connectivity index (χ0) is 19.5. The molecule has 1 N–H and O–H groups in total. The van der Waals surface area contributed by atoms with E-state index in [2.05, 4.69) is 15.2 Å². The standard InChI is InChI=1S/C22H22ClN3O2/c1-28-18-5-2-15(3-6-18)12-22(27)25-17-9-11-26(14-17)21-8-10-24-20-13-16(23)4-7-19(20)21/h2-8,10,13,17H,9,11-12,14H2,1H3,(H,25,27). The highest BCUT2D eigenvalue weighted by atomic mass is 35.5. The molecule has 1 saturated heterocycles. The summed E-state index contributed by atoms with van der Waals surface area (Å²) < 4.78 is 5.15. The van der Waals surface area contributed by atoms with Crippen LogP contribution in [0.5, 0.6) is 5.75 Å². The van der Waals surface area contributed by atoms with Crippen LogP contribution in [-0.4, -0.2) is 37.1 Å². The summed E-state index contributed by atoms with van der Waals surface area (Å²) in [7, 11) is 1.63. The van der Waals surface area contributed by atoms with Gasteiger partial charge in [-0.2, -0.15) is 0 Å². The summed E-state index contributed by atoms with van der Waals surface area (Å²) >= 11 is 6.09. The van der Waals surface area contributed by atoms with Gasteiger partial charge in [0.25, 0.3) is 0 Å². The van der Waals surface area contributed by atoms with E-state index in [1.54, 1.807) is 7.11 Å². The Morgan fingerprint density at radius 3 is 2.86 bits per heavy atom. The summed E-state index contributed by atoms with van der Waals surface area (Å²) in [5.41, 5.74) is 3.00. The maximum absolute atomic E-state index is 12.4. The van der Waals surface area contributed by atoms with Crippen molar-refractivity contribution in [1.82, 2.24) is 10.3 Å². The number of benzene rings is 2. The number of pyridine rings is 1. The van der Waals surface area contributed by atoms with Gasteiger partial charge in [-0.1, -0.05) is 23.7 Å². The van der Waals surface area contributed by atoms with E-state index in [1.807, 2.05) is 54.7 Å². The summed E-state index contributed by atoms with van der Waals surface area (Å²) in [4.78, 5) is 19.1. The number of carbonyl (C=O) groups excluding carboxylic acids is 1. The number of amides is 1. The number of hydrogen-bond donors (Lipinski definition) is 1. The summed E-state index contributed by atoms with van der Waals surface area (Å²) in [6.45, 7) is 1.69. The molecule has 144 valence electrons. The molecule has 0 radical (unpaired) electrons. The third-order valence-corrected chi connectivity index (χ3v) is 5.33. The van der Waals surface area contributed by atoms with Crippen molar-refractivity contribution in [3.63, 3.8) is 0 Å². The van der Waals surface area contributed by atoms with Crippen LogP contribution in [0.4, 0.5) is 5.69 Å². The fourth-order valence-electron chi connectivity index (χ4n) is 3.69. The lowest BCUT2D eigenvalue weighted by Gasteiger charge is -2.21. The van der Waals surface area contributed by atoms with Gasteiger partial charge in [0.2, 0.25) is 5.91 Å². The number of methoxy groups -OCH3 is 1. The van der Waals surface area contributed by atoms with E-state index in [9.17, 15) is 4.79 Å². The molecule has 2 heterocycles. The highest BCUT2D eigenvalue weighted by Crippen LogP contribution is 2.29. The first-order chi connectivity index (χ1) is 13.6. The van der Waals surface area contributed by atoms with E-state index in [4.69, 9.17) is 16.3 Å². The van der Waals surface area contributed by atoms with Crippen LogP contribution >= 0.6 is 11.6 Å². The predicted molar refractivity (Wildman–Crippen MR) is 112 cm³/mol. The Morgan fingerprint density at radius 2 is 2.07 bits per heavy atom. The molecule has 5 nitrogen and oxygen atoms in total. The average Bonchev–Trinajstić information content (AvgIpc) is 3.16. The number of nitrogens with one attached hydrogen (secondary N) is 1. The largest absolute Gasteiger partial charge is 0.497 e. The lowest BCUT2D eigenvalue weighted by Crippen LogP contribution is -2.38. The first kappa shape index (κ1) is 18.6. The van der Waals surface area contributed by atoms with Crippen LogP contribution in [0.25, 0.3) is 10.9 Å². The van der Waals surface area contributed by atoms with Crippen molar-refractivity contribution in [2.24, 2.45) is 0 Å². The second-order valence-electron chi connectivity index (χ2n) is 7.02. The Labute approximate surface area is 169 Å². The van der Waals surface area contributed by atoms with Gasteiger partial charge in [-0.15, -0.1) is 0 Å². The third kappa shape index (κ3) is 4.04. The van der Waals surface area contributed by atoms with Gasteiger partial charge >= 0.3 is 0 Å². The van der Waals surface area contributed by atoms with Gasteiger partial charge in [0.05, 0.1) is 19.0 Å². The van der Waals surface area contributed by atoms with Gasteiger partial charge in [-0.25, -0.2) is 0 Å². The molecule has 1 aliphatic heterocycles. The second-order valence-corrected chi connectivity index (χ2v) is 7.45. The lowest BCUT2D eigenvalue weighted by atomic mass is 10.1. The Morgan fingerprint density at radius 1 is 1.25 bits per heavy atom. The van der Waals surface area contributed by atoms with Crippen LogP contribution in [0, 0.1) is 0 Å². The summed E-state index contributed by atoms with van der Waals surface area (Å²) in [5, 5.41) is 4.93. The van der Waals surface area contributed by atoms with Gasteiger partial charge in [0, 0.05) is 41.4 Å². The van der Waals surface area contributed by atoms with Crippen molar-refractivity contribution in [2.75, 3.05) is 25.1 Å². The fraction of sp³-hybridized carbons (Fsp3) is 0.273. The van der Waals surface area contributed by atoms with E-state index in [-0.39, 0.29) is 11.9 Å². The third-order valence-electron chi connectivity index (χ3n) is 5.10. The van der Waals surface area contributed by atoms with E-state index in [0.717, 1.165) is 47.4 Å². The minimum Gasteiger partial charge on any atom is -0.497 e. The normalized spacial score (nSPS) is 16.4. The van der Waals surface area contributed by atoms with Crippen molar-refractivity contribution in [2.45, 2.75) is 18.9 Å². The summed E-state index contributed by atoms with van der Waals surface area (Å²) in [6, 6.07) is 15.5. The van der Waals surface area contributed by atoms with E-state index in [1.165, 1.54) is 0 Å². The first-order valence-electron chi connectivity index (χ1n) is 9.34. The monoisotopic (exact) mass is 395 g/mol. The minimum absolute atomic E-state index is 0.0448. The molecule has 1 amide bonds. The van der Waals surface area contributed by atoms with Crippen LogP contribution in [0.15, 0.2) is 54.7 Å². The van der Waals surface area contributed by atoms with Crippen LogP contribution in [-0.2, 0) is 11.2 Å². The molecule has 0 aliphatic carbocycles. The maximum Gasteiger partial charge on any atom is 0.224 e. The quantitative estimate of drug-likeness (QED) is 0.713. The second kappa shape index (κ2) is 8.07. The zero-order valence-corrected chi connectivity index (χ0v) is 16.4. The predicted octanol–water partition coefficient (Wildman–Crippen LogP) is 3.83. The number of fused-ring (bicyclic) bond motifs is 1. The zero-order valence-electron chi connectivity index (χ0n) is 15.7. The van der Waals surface area contributed by atoms with Crippen molar-refractivity contribution in [3.05, 3.63) is 65.3 Å². The molecule has 1 fully saturated rings. The molecule has 1 aliphatic rings. The molecule has 0 bridgehead atoms. The molecular formula is C22H22ClN3O2. The first-order valence-corrected chi connectivity index (χ1v) is 9.71. The topological polar surface area (TPSA) is 54.5 Å². The Balaban J connectivity index is 1.39. The maximum atomic E-state index is 12.4. The van der Waals surface area contributed by atoms with E-state index >= 15 is 0 Å². The molecule has 28 heavy (non-hydrogen) atoms. The number of anilines is 1. The summed E-state index contributed by atoms with van der Waals surface area (Å²) in [6.07, 6.45) is 3.10. The number of hydrogen-bond acceptors (Lipinski definition) is 4. The lowest BCUT2D eigenvalue weighted by molar-refractivity contribution is -0.121. The SMILES string of the molecule is COc1ccc(CC(=O)NC2CCN(c3ccnc4cc(Cl)ccc34)C2)cc1. The smallest absolute Gasteiger partial charge is 0.224 e. The molecule has 0 spiro atoms. The van der Waals surface area contributed by atoms with Crippen LogP contribution in [0.2, 0.25) is 5.02 Å². The van der Waals surface area contributed by atoms with Gasteiger partial charge in [-0.05, 0) is 48.4 Å². The van der Waals surface area contributed by atoms with Crippen LogP contribution < -0.4 is 15.0 Å². The van der Waals surface area contributed by atoms with Crippen LogP contribution in [0.3, 0.4) is 0 Å². The molecule has 1 unspecified atom stereocenters. The molecule has 3 aromatic rings. The van der Waals surface area contributed by atoms with Crippen LogP contribution in [0.1, 0.15) is 12.0 Å². The number of rotatable bonds is 5. The molecule has 2 aromatic carbocycles. The molecule has 1 atom stereocenters. The Bertz CT molecular complexity index is 991. The molecule has 6 heteroatoms. The Hall–Kier alpha value is -2.79. The highest BCUT2D eigenvalue weighted by Gasteiger charge is 2.25. The average molecular weight is 396 g/mol. The summed E-state index contributed by atoms with van der Waals surface area (Å²) in [5.74, 6) is 0.838. The molecule has 4 rings (SSSR count). The van der Waals surface area contributed by atoms with Crippen molar-refractivity contribution in [3.8, 4) is 5.75 Å². The van der Waals surface area contributed by atoms with Gasteiger partial charge in [0.15, 0.2) is 0 Å². The number of nitrogens with zero attached hydrogens (tertiary/aromatic N) is 2. The van der Waals surface area contributed by atoms with E-state index < -0.39 is 0 Å². The highest BCUT2D eigenvalue weighted by molar-refractivity contribution is 6.31. The van der Waals surface area contributed by atoms with Crippen molar-refractivity contribution < 1.29 is 9.53 Å².